The summed E-state index contributed by atoms with van der Waals surface area (Å²) >= 11 is 3.23. The lowest BCUT2D eigenvalue weighted by atomic mass is 9.59. The maximum Gasteiger partial charge on any atom is 0.233 e. The van der Waals surface area contributed by atoms with Crippen molar-refractivity contribution in [2.45, 2.75) is 32.1 Å². The van der Waals surface area contributed by atoms with E-state index in [0.717, 1.165) is 11.1 Å². The molecule has 6 rings (SSSR count). The maximum atomic E-state index is 13.9. The Bertz CT molecular complexity index is 1590. The van der Waals surface area contributed by atoms with E-state index in [1.165, 1.54) is 11.0 Å². The van der Waals surface area contributed by atoms with E-state index in [9.17, 15) is 29.4 Å². The predicted molar refractivity (Wildman–Crippen MR) is 152 cm³/mol. The van der Waals surface area contributed by atoms with Gasteiger partial charge in [-0.05, 0) is 71.8 Å². The molecule has 41 heavy (non-hydrogen) atoms. The highest BCUT2D eigenvalue weighted by Crippen LogP contribution is 2.56. The molecule has 9 heteroatoms. The lowest BCUT2D eigenvalue weighted by Gasteiger charge is -2.42. The summed E-state index contributed by atoms with van der Waals surface area (Å²) in [6.07, 6.45) is 4.11. The Hall–Kier alpha value is -3.98. The summed E-state index contributed by atoms with van der Waals surface area (Å²) in [6, 6.07) is 11.7. The molecule has 0 aromatic heterocycles. The Morgan fingerprint density at radius 1 is 1.00 bits per heavy atom. The number of Topliss-reactive ketones (excluding diaryl/α,β-unsaturated/α-hetero) is 1. The van der Waals surface area contributed by atoms with Crippen molar-refractivity contribution in [2.75, 3.05) is 13.2 Å². The summed E-state index contributed by atoms with van der Waals surface area (Å²) < 4.78 is 5.76. The molecule has 2 amide bonds. The summed E-state index contributed by atoms with van der Waals surface area (Å²) in [5.74, 6) is -3.37. The number of benzene rings is 2. The van der Waals surface area contributed by atoms with Gasteiger partial charge < -0.3 is 14.9 Å². The smallest absolute Gasteiger partial charge is 0.233 e. The number of ether oxygens (including phenoxy) is 1. The first-order chi connectivity index (χ1) is 19.7. The number of nitrogens with zero attached hydrogens (tertiary/aromatic N) is 1. The van der Waals surface area contributed by atoms with Crippen LogP contribution >= 0.6 is 15.9 Å². The molecule has 1 heterocycles. The number of amides is 2. The van der Waals surface area contributed by atoms with Crippen molar-refractivity contribution in [1.82, 2.24) is 4.90 Å². The van der Waals surface area contributed by atoms with Crippen LogP contribution in [0.2, 0.25) is 0 Å². The van der Waals surface area contributed by atoms with Crippen LogP contribution in [0.3, 0.4) is 0 Å². The van der Waals surface area contributed by atoms with Crippen molar-refractivity contribution in [2.24, 2.45) is 17.8 Å². The Balaban J connectivity index is 1.40. The van der Waals surface area contributed by atoms with Crippen LogP contribution in [0.1, 0.15) is 36.8 Å². The zero-order chi connectivity index (χ0) is 29.0. The number of hydrogen-bond donors (Lipinski definition) is 2. The zero-order valence-corrected chi connectivity index (χ0v) is 23.9. The monoisotopic (exact) mass is 617 g/mol. The lowest BCUT2D eigenvalue weighted by Crippen LogP contribution is -2.39. The zero-order valence-electron chi connectivity index (χ0n) is 22.3. The molecule has 2 aromatic carbocycles. The van der Waals surface area contributed by atoms with E-state index in [2.05, 4.69) is 15.9 Å². The predicted octanol–water partition coefficient (Wildman–Crippen LogP) is 4.50. The average Bonchev–Trinajstić information content (AvgIpc) is 3.20. The third kappa shape index (κ3) is 4.43. The fourth-order valence-electron chi connectivity index (χ4n) is 6.80. The first kappa shape index (κ1) is 27.2. The van der Waals surface area contributed by atoms with Crippen LogP contribution in [-0.2, 0) is 25.6 Å². The van der Waals surface area contributed by atoms with Crippen molar-refractivity contribution < 1.29 is 34.1 Å². The maximum absolute atomic E-state index is 13.9. The number of phenolic OH excluding ortho intramolecular Hbond substituents is 2. The van der Waals surface area contributed by atoms with E-state index in [1.807, 2.05) is 6.08 Å². The van der Waals surface area contributed by atoms with Gasteiger partial charge in [0.05, 0.1) is 22.9 Å². The summed E-state index contributed by atoms with van der Waals surface area (Å²) in [5.41, 5.74) is 2.68. The molecular weight excluding hydrogens is 590 g/mol. The van der Waals surface area contributed by atoms with Crippen LogP contribution in [0, 0.1) is 17.8 Å². The first-order valence-electron chi connectivity index (χ1n) is 13.7. The molecule has 2 aromatic rings. The number of likely N-dealkylation sites (tertiary alicyclic amines) is 1. The van der Waals surface area contributed by atoms with Crippen molar-refractivity contribution in [3.8, 4) is 17.2 Å². The molecular formula is C32H28BrNO7. The highest BCUT2D eigenvalue weighted by molar-refractivity contribution is 9.12. The highest BCUT2D eigenvalue weighted by atomic mass is 79.9. The van der Waals surface area contributed by atoms with Gasteiger partial charge in [-0.3, -0.25) is 24.1 Å². The fraction of sp³-hybridized carbons (Fsp3) is 0.312. The molecule has 2 N–H and O–H groups in total. The van der Waals surface area contributed by atoms with Gasteiger partial charge in [-0.1, -0.05) is 35.9 Å². The molecule has 1 saturated heterocycles. The van der Waals surface area contributed by atoms with Crippen molar-refractivity contribution >= 4 is 39.3 Å². The van der Waals surface area contributed by atoms with Crippen LogP contribution < -0.4 is 4.74 Å². The number of allylic oxidation sites excluding steroid dienone is 6. The number of ketones is 2. The number of rotatable bonds is 6. The van der Waals surface area contributed by atoms with E-state index in [0.29, 0.717) is 36.2 Å². The normalized spacial score (nSPS) is 25.5. The first-order valence-corrected chi connectivity index (χ1v) is 14.5. The van der Waals surface area contributed by atoms with Crippen LogP contribution in [0.5, 0.6) is 17.2 Å². The molecule has 210 valence electrons. The molecule has 0 spiro atoms. The summed E-state index contributed by atoms with van der Waals surface area (Å²) in [6.45, 7) is 2.33. The molecule has 1 aliphatic heterocycles. The van der Waals surface area contributed by atoms with Gasteiger partial charge in [0, 0.05) is 35.2 Å². The Labute approximate surface area is 245 Å². The molecule has 0 radical (unpaired) electrons. The lowest BCUT2D eigenvalue weighted by molar-refractivity contribution is -0.140. The number of halogens is 1. The number of phenols is 2. The van der Waals surface area contributed by atoms with Crippen molar-refractivity contribution in [3.63, 3.8) is 0 Å². The number of fused-ring (bicyclic) bond motifs is 3. The van der Waals surface area contributed by atoms with Crippen LogP contribution in [0.4, 0.5) is 0 Å². The van der Waals surface area contributed by atoms with Gasteiger partial charge >= 0.3 is 0 Å². The van der Waals surface area contributed by atoms with Crippen LogP contribution in [0.15, 0.2) is 75.8 Å². The largest absolute Gasteiger partial charge is 0.508 e. The van der Waals surface area contributed by atoms with Crippen molar-refractivity contribution in [3.05, 3.63) is 86.9 Å². The average molecular weight is 618 g/mol. The van der Waals surface area contributed by atoms with E-state index in [-0.39, 0.29) is 58.1 Å². The van der Waals surface area contributed by atoms with E-state index in [1.54, 1.807) is 49.4 Å². The second-order valence-corrected chi connectivity index (χ2v) is 11.6. The minimum absolute atomic E-state index is 0.118. The Morgan fingerprint density at radius 2 is 1.76 bits per heavy atom. The molecule has 8 nitrogen and oxygen atoms in total. The number of carbonyl (C=O) groups excluding carboxylic acids is 4. The molecule has 1 fully saturated rings. The van der Waals surface area contributed by atoms with Gasteiger partial charge in [0.15, 0.2) is 23.1 Å². The topological polar surface area (TPSA) is 121 Å². The van der Waals surface area contributed by atoms with E-state index in [4.69, 9.17) is 4.74 Å². The number of para-hydroxylation sites is 1. The molecule has 4 atom stereocenters. The van der Waals surface area contributed by atoms with Gasteiger partial charge in [-0.25, -0.2) is 0 Å². The minimum atomic E-state index is -0.757. The van der Waals surface area contributed by atoms with E-state index >= 15 is 0 Å². The van der Waals surface area contributed by atoms with Crippen LogP contribution in [-0.4, -0.2) is 51.6 Å². The summed E-state index contributed by atoms with van der Waals surface area (Å²) in [7, 11) is 0. The molecule has 4 unspecified atom stereocenters. The standard InChI is InChI=1S/C32H28BrNO7/c1-2-41-25-5-3-4-19(30(25)38)26-18-10-11-20-27(21(18)14-22-28(26)24(36)15-23(33)29(22)37)32(40)34(31(20)39)13-12-16-6-8-17(35)9-7-16/h3-10,15,20-21,26-27,35,38H,2,11-14H2,1H3. The van der Waals surface area contributed by atoms with E-state index < -0.39 is 23.7 Å². The van der Waals surface area contributed by atoms with Gasteiger partial charge in [0.2, 0.25) is 11.8 Å². The third-order valence-corrected chi connectivity index (χ3v) is 9.21. The summed E-state index contributed by atoms with van der Waals surface area (Å²) in [4.78, 5) is 55.5. The number of aromatic hydroxyl groups is 2. The third-order valence-electron chi connectivity index (χ3n) is 8.62. The molecule has 0 saturated carbocycles. The summed E-state index contributed by atoms with van der Waals surface area (Å²) in [5, 5.41) is 20.8. The van der Waals surface area contributed by atoms with Crippen molar-refractivity contribution in [1.29, 1.82) is 0 Å². The molecule has 4 aliphatic rings. The second-order valence-electron chi connectivity index (χ2n) is 10.8. The SMILES string of the molecule is CCOc1cccc(C2C3=CCC4C(=O)N(CCc5ccc(O)cc5)C(=O)C4C3CC3=C2C(=O)C=C(Br)C3=O)c1O. The fourth-order valence-corrected chi connectivity index (χ4v) is 7.24. The number of hydrogen-bond acceptors (Lipinski definition) is 7. The van der Waals surface area contributed by atoms with Crippen LogP contribution in [0.25, 0.3) is 0 Å². The Kier molecular flexibility index (Phi) is 6.93. The highest BCUT2D eigenvalue weighted by Gasteiger charge is 2.56. The second kappa shape index (κ2) is 10.4. The van der Waals surface area contributed by atoms with Gasteiger partial charge in [-0.2, -0.15) is 0 Å². The molecule has 3 aliphatic carbocycles. The number of carbonyl (C=O) groups is 4. The minimum Gasteiger partial charge on any atom is -0.508 e. The molecule has 0 bridgehead atoms. The quantitative estimate of drug-likeness (QED) is 0.278. The van der Waals surface area contributed by atoms with Gasteiger partial charge in [0.25, 0.3) is 0 Å². The van der Waals surface area contributed by atoms with Gasteiger partial charge in [0.1, 0.15) is 5.75 Å². The Morgan fingerprint density at radius 3 is 2.49 bits per heavy atom. The number of imide groups is 1. The van der Waals surface area contributed by atoms with Gasteiger partial charge in [-0.15, -0.1) is 0 Å².